The lowest BCUT2D eigenvalue weighted by atomic mass is 10.1. The Bertz CT molecular complexity index is 564. The number of aromatic nitrogens is 2. The maximum absolute atomic E-state index is 5.40. The average molecular weight is 271 g/mol. The highest BCUT2D eigenvalue weighted by molar-refractivity contribution is 5.64. The van der Waals surface area contributed by atoms with Gasteiger partial charge in [0.2, 0.25) is 0 Å². The first kappa shape index (κ1) is 14.5. The number of hydrogen-bond acceptors (Lipinski definition) is 4. The van der Waals surface area contributed by atoms with E-state index in [1.165, 1.54) is 0 Å². The number of methoxy groups -OCH3 is 1. The first-order valence-corrected chi connectivity index (χ1v) is 6.79. The van der Waals surface area contributed by atoms with Gasteiger partial charge in [-0.15, -0.1) is 0 Å². The molecule has 1 N–H and O–H groups in total. The van der Waals surface area contributed by atoms with Gasteiger partial charge in [0.05, 0.1) is 12.7 Å². The van der Waals surface area contributed by atoms with Crippen LogP contribution in [0.4, 0.5) is 0 Å². The molecular weight excluding hydrogens is 250 g/mol. The van der Waals surface area contributed by atoms with Crippen LogP contribution < -0.4 is 10.1 Å². The molecule has 0 aliphatic heterocycles. The van der Waals surface area contributed by atoms with Crippen LogP contribution in [0.5, 0.6) is 5.75 Å². The Morgan fingerprint density at radius 2 is 1.90 bits per heavy atom. The number of benzene rings is 1. The molecule has 0 atom stereocenters. The molecule has 106 valence electrons. The van der Waals surface area contributed by atoms with Gasteiger partial charge < -0.3 is 10.1 Å². The highest BCUT2D eigenvalue weighted by Crippen LogP contribution is 2.27. The normalized spacial score (nSPS) is 10.8. The Labute approximate surface area is 120 Å². The quantitative estimate of drug-likeness (QED) is 0.908. The standard InChI is InChI=1S/C16H21N3O/c1-11(2)17-8-13-9-18-16(19-10-13)14-6-5-12(3)7-15(14)20-4/h5-7,9-11,17H,8H2,1-4H3. The molecule has 4 heteroatoms. The summed E-state index contributed by atoms with van der Waals surface area (Å²) in [6, 6.07) is 6.48. The third kappa shape index (κ3) is 3.54. The summed E-state index contributed by atoms with van der Waals surface area (Å²) in [7, 11) is 1.67. The number of hydrogen-bond donors (Lipinski definition) is 1. The molecule has 4 nitrogen and oxygen atoms in total. The van der Waals surface area contributed by atoms with Crippen LogP contribution in [0.25, 0.3) is 11.4 Å². The largest absolute Gasteiger partial charge is 0.496 e. The lowest BCUT2D eigenvalue weighted by molar-refractivity contribution is 0.416. The Morgan fingerprint density at radius 1 is 1.20 bits per heavy atom. The van der Waals surface area contributed by atoms with Crippen LogP contribution in [0.2, 0.25) is 0 Å². The molecule has 2 aromatic rings. The van der Waals surface area contributed by atoms with Crippen molar-refractivity contribution < 1.29 is 4.74 Å². The van der Waals surface area contributed by atoms with Gasteiger partial charge in [-0.2, -0.15) is 0 Å². The molecule has 0 spiro atoms. The minimum Gasteiger partial charge on any atom is -0.496 e. The highest BCUT2D eigenvalue weighted by atomic mass is 16.5. The fourth-order valence-electron chi connectivity index (χ4n) is 1.89. The van der Waals surface area contributed by atoms with Crippen LogP contribution >= 0.6 is 0 Å². The monoisotopic (exact) mass is 271 g/mol. The summed E-state index contributed by atoms with van der Waals surface area (Å²) < 4.78 is 5.40. The number of ether oxygens (including phenoxy) is 1. The topological polar surface area (TPSA) is 47.0 Å². The van der Waals surface area contributed by atoms with E-state index in [0.717, 1.165) is 29.0 Å². The van der Waals surface area contributed by atoms with Crippen molar-refractivity contribution in [2.24, 2.45) is 0 Å². The maximum atomic E-state index is 5.40. The summed E-state index contributed by atoms with van der Waals surface area (Å²) in [5.74, 6) is 1.49. The van der Waals surface area contributed by atoms with E-state index in [-0.39, 0.29) is 0 Å². The molecule has 0 bridgehead atoms. The molecule has 0 saturated carbocycles. The number of nitrogens with one attached hydrogen (secondary N) is 1. The van der Waals surface area contributed by atoms with E-state index in [9.17, 15) is 0 Å². The summed E-state index contributed by atoms with van der Waals surface area (Å²) in [5, 5.41) is 3.35. The van der Waals surface area contributed by atoms with Gasteiger partial charge in [0, 0.05) is 30.5 Å². The number of rotatable bonds is 5. The fourth-order valence-corrected chi connectivity index (χ4v) is 1.89. The van der Waals surface area contributed by atoms with Crippen molar-refractivity contribution >= 4 is 0 Å². The first-order chi connectivity index (χ1) is 9.60. The zero-order chi connectivity index (χ0) is 14.5. The van der Waals surface area contributed by atoms with Crippen molar-refractivity contribution in [1.82, 2.24) is 15.3 Å². The zero-order valence-electron chi connectivity index (χ0n) is 12.5. The molecule has 0 saturated heterocycles. The second-order valence-electron chi connectivity index (χ2n) is 5.15. The van der Waals surface area contributed by atoms with Gasteiger partial charge >= 0.3 is 0 Å². The molecule has 2 rings (SSSR count). The first-order valence-electron chi connectivity index (χ1n) is 6.79. The molecule has 0 radical (unpaired) electrons. The molecule has 0 fully saturated rings. The predicted molar refractivity (Wildman–Crippen MR) is 80.7 cm³/mol. The van der Waals surface area contributed by atoms with Gasteiger partial charge in [0.25, 0.3) is 0 Å². The van der Waals surface area contributed by atoms with E-state index in [4.69, 9.17) is 4.74 Å². The summed E-state index contributed by atoms with van der Waals surface area (Å²) >= 11 is 0. The van der Waals surface area contributed by atoms with Gasteiger partial charge in [-0.05, 0) is 24.6 Å². The molecular formula is C16H21N3O. The minimum atomic E-state index is 0.451. The minimum absolute atomic E-state index is 0.451. The van der Waals surface area contributed by atoms with E-state index in [2.05, 4.69) is 29.1 Å². The van der Waals surface area contributed by atoms with E-state index in [0.29, 0.717) is 11.9 Å². The van der Waals surface area contributed by atoms with E-state index in [1.54, 1.807) is 7.11 Å². The van der Waals surface area contributed by atoms with Gasteiger partial charge in [0.1, 0.15) is 5.75 Å². The molecule has 20 heavy (non-hydrogen) atoms. The molecule has 1 aromatic carbocycles. The second-order valence-corrected chi connectivity index (χ2v) is 5.15. The summed E-state index contributed by atoms with van der Waals surface area (Å²) in [4.78, 5) is 8.87. The summed E-state index contributed by atoms with van der Waals surface area (Å²) in [6.07, 6.45) is 3.72. The lowest BCUT2D eigenvalue weighted by Crippen LogP contribution is -2.21. The molecule has 1 heterocycles. The molecule has 0 aliphatic carbocycles. The maximum Gasteiger partial charge on any atom is 0.162 e. The van der Waals surface area contributed by atoms with Crippen molar-refractivity contribution in [3.63, 3.8) is 0 Å². The van der Waals surface area contributed by atoms with E-state index in [1.807, 2.05) is 37.5 Å². The van der Waals surface area contributed by atoms with Crippen molar-refractivity contribution in [3.8, 4) is 17.1 Å². The number of nitrogens with zero attached hydrogens (tertiary/aromatic N) is 2. The third-order valence-corrected chi connectivity index (χ3v) is 3.02. The number of aryl methyl sites for hydroxylation is 1. The van der Waals surface area contributed by atoms with Crippen molar-refractivity contribution in [1.29, 1.82) is 0 Å². The van der Waals surface area contributed by atoms with Crippen LogP contribution in [0.15, 0.2) is 30.6 Å². The SMILES string of the molecule is COc1cc(C)ccc1-c1ncc(CNC(C)C)cn1. The van der Waals surface area contributed by atoms with Gasteiger partial charge in [-0.25, -0.2) is 9.97 Å². The van der Waals surface area contributed by atoms with Crippen molar-refractivity contribution in [2.45, 2.75) is 33.4 Å². The Kier molecular flexibility index (Phi) is 4.69. The Hall–Kier alpha value is -1.94. The van der Waals surface area contributed by atoms with Gasteiger partial charge in [-0.1, -0.05) is 19.9 Å². The summed E-state index contributed by atoms with van der Waals surface area (Å²) in [6.45, 7) is 7.05. The second kappa shape index (κ2) is 6.48. The molecule has 0 unspecified atom stereocenters. The van der Waals surface area contributed by atoms with Crippen LogP contribution in [-0.2, 0) is 6.54 Å². The smallest absolute Gasteiger partial charge is 0.162 e. The van der Waals surface area contributed by atoms with Crippen LogP contribution in [0, 0.1) is 6.92 Å². The van der Waals surface area contributed by atoms with Crippen LogP contribution in [0.3, 0.4) is 0 Å². The predicted octanol–water partition coefficient (Wildman–Crippen LogP) is 2.96. The van der Waals surface area contributed by atoms with Gasteiger partial charge in [-0.3, -0.25) is 0 Å². The van der Waals surface area contributed by atoms with Gasteiger partial charge in [0.15, 0.2) is 5.82 Å². The Morgan fingerprint density at radius 3 is 2.50 bits per heavy atom. The molecule has 1 aromatic heterocycles. The lowest BCUT2D eigenvalue weighted by Gasteiger charge is -2.10. The van der Waals surface area contributed by atoms with E-state index < -0.39 is 0 Å². The van der Waals surface area contributed by atoms with Crippen molar-refractivity contribution in [2.75, 3.05) is 7.11 Å². The van der Waals surface area contributed by atoms with Crippen LogP contribution in [0.1, 0.15) is 25.0 Å². The summed E-state index contributed by atoms with van der Waals surface area (Å²) in [5.41, 5.74) is 3.15. The highest BCUT2D eigenvalue weighted by Gasteiger charge is 2.08. The third-order valence-electron chi connectivity index (χ3n) is 3.02. The molecule has 0 aliphatic rings. The fraction of sp³-hybridized carbons (Fsp3) is 0.375. The van der Waals surface area contributed by atoms with E-state index >= 15 is 0 Å². The zero-order valence-corrected chi connectivity index (χ0v) is 12.5. The molecule has 0 amide bonds. The van der Waals surface area contributed by atoms with Crippen LogP contribution in [-0.4, -0.2) is 23.1 Å². The Balaban J connectivity index is 2.21. The average Bonchev–Trinajstić information content (AvgIpc) is 2.45. The van der Waals surface area contributed by atoms with Crippen molar-refractivity contribution in [3.05, 3.63) is 41.7 Å².